The summed E-state index contributed by atoms with van der Waals surface area (Å²) in [5, 5.41) is 1.24. The molecule has 3 aliphatic carbocycles. The second-order valence-corrected chi connectivity index (χ2v) is 7.59. The third-order valence-corrected chi connectivity index (χ3v) is 6.80. The van der Waals surface area contributed by atoms with Crippen molar-refractivity contribution in [3.05, 3.63) is 0 Å². The first-order valence-corrected chi connectivity index (χ1v) is 9.05. The molecule has 3 fully saturated rings. The maximum atomic E-state index is 3.66. The highest BCUT2D eigenvalue weighted by Gasteiger charge is 2.36. The number of alkyl halides is 1. The standard InChI is InChI=1S/C16H27Br/c17-11-12-1-3-13(4-2-12)14-5-7-15(8-6-14)16-9-10-16/h12-16H,1-11H2. The van der Waals surface area contributed by atoms with Gasteiger partial charge in [-0.15, -0.1) is 0 Å². The van der Waals surface area contributed by atoms with Crippen LogP contribution in [-0.4, -0.2) is 5.33 Å². The highest BCUT2D eigenvalue weighted by atomic mass is 79.9. The van der Waals surface area contributed by atoms with E-state index in [4.69, 9.17) is 0 Å². The van der Waals surface area contributed by atoms with Crippen molar-refractivity contribution in [1.29, 1.82) is 0 Å². The second-order valence-electron chi connectivity index (χ2n) is 6.95. The fourth-order valence-corrected chi connectivity index (χ4v) is 5.12. The summed E-state index contributed by atoms with van der Waals surface area (Å²) in [5.74, 6) is 5.52. The zero-order valence-corrected chi connectivity index (χ0v) is 12.6. The number of rotatable bonds is 3. The molecule has 0 bridgehead atoms. The third-order valence-electron chi connectivity index (χ3n) is 5.88. The monoisotopic (exact) mass is 298 g/mol. The minimum Gasteiger partial charge on any atom is -0.0925 e. The van der Waals surface area contributed by atoms with Gasteiger partial charge in [0.15, 0.2) is 0 Å². The minimum absolute atomic E-state index is 0.994. The van der Waals surface area contributed by atoms with Gasteiger partial charge in [-0.05, 0) is 93.8 Å². The zero-order valence-electron chi connectivity index (χ0n) is 11.0. The minimum atomic E-state index is 0.994. The highest BCUT2D eigenvalue weighted by molar-refractivity contribution is 9.09. The van der Waals surface area contributed by atoms with Crippen molar-refractivity contribution < 1.29 is 0 Å². The van der Waals surface area contributed by atoms with E-state index in [0.29, 0.717) is 0 Å². The van der Waals surface area contributed by atoms with Gasteiger partial charge in [0.25, 0.3) is 0 Å². The predicted octanol–water partition coefficient (Wildman–Crippen LogP) is 5.40. The smallest absolute Gasteiger partial charge is 0.00596 e. The fraction of sp³-hybridized carbons (Fsp3) is 1.00. The summed E-state index contributed by atoms with van der Waals surface area (Å²) in [6, 6.07) is 0. The van der Waals surface area contributed by atoms with Gasteiger partial charge >= 0.3 is 0 Å². The molecule has 0 amide bonds. The lowest BCUT2D eigenvalue weighted by Crippen LogP contribution is -2.26. The van der Waals surface area contributed by atoms with Gasteiger partial charge in [0.2, 0.25) is 0 Å². The van der Waals surface area contributed by atoms with Gasteiger partial charge in [0, 0.05) is 5.33 Å². The van der Waals surface area contributed by atoms with Crippen LogP contribution in [0, 0.1) is 29.6 Å². The van der Waals surface area contributed by atoms with Crippen molar-refractivity contribution >= 4 is 15.9 Å². The van der Waals surface area contributed by atoms with Gasteiger partial charge in [-0.25, -0.2) is 0 Å². The van der Waals surface area contributed by atoms with Crippen LogP contribution in [0.2, 0.25) is 0 Å². The Labute approximate surface area is 115 Å². The molecule has 0 radical (unpaired) electrons. The van der Waals surface area contributed by atoms with Crippen LogP contribution in [0.1, 0.15) is 64.2 Å². The molecule has 98 valence electrons. The molecule has 0 unspecified atom stereocenters. The largest absolute Gasteiger partial charge is 0.0925 e. The van der Waals surface area contributed by atoms with E-state index in [1.54, 1.807) is 38.5 Å². The van der Waals surface area contributed by atoms with Crippen LogP contribution in [0.25, 0.3) is 0 Å². The second kappa shape index (κ2) is 5.63. The molecule has 0 saturated heterocycles. The molecule has 0 nitrogen and oxygen atoms in total. The Balaban J connectivity index is 1.43. The van der Waals surface area contributed by atoms with E-state index in [0.717, 1.165) is 23.7 Å². The van der Waals surface area contributed by atoms with Gasteiger partial charge in [-0.1, -0.05) is 15.9 Å². The van der Waals surface area contributed by atoms with Gasteiger partial charge in [0.1, 0.15) is 0 Å². The van der Waals surface area contributed by atoms with Crippen molar-refractivity contribution in [3.8, 4) is 0 Å². The van der Waals surface area contributed by atoms with E-state index in [-0.39, 0.29) is 0 Å². The fourth-order valence-electron chi connectivity index (χ4n) is 4.47. The molecule has 3 aliphatic rings. The quantitative estimate of drug-likeness (QED) is 0.612. The summed E-state index contributed by atoms with van der Waals surface area (Å²) >= 11 is 3.66. The molecule has 17 heavy (non-hydrogen) atoms. The van der Waals surface area contributed by atoms with E-state index in [1.165, 1.54) is 36.9 Å². The van der Waals surface area contributed by atoms with Crippen molar-refractivity contribution in [2.45, 2.75) is 64.2 Å². The molecule has 0 aromatic carbocycles. The molecule has 0 spiro atoms. The Hall–Kier alpha value is 0.480. The first kappa shape index (κ1) is 12.5. The van der Waals surface area contributed by atoms with E-state index in [2.05, 4.69) is 15.9 Å². The molecule has 1 heteroatoms. The molecular weight excluding hydrogens is 272 g/mol. The van der Waals surface area contributed by atoms with Gasteiger partial charge in [0.05, 0.1) is 0 Å². The average Bonchev–Trinajstić information content (AvgIpc) is 3.24. The molecule has 0 heterocycles. The van der Waals surface area contributed by atoms with E-state index < -0.39 is 0 Å². The molecule has 3 rings (SSSR count). The predicted molar refractivity (Wildman–Crippen MR) is 77.4 cm³/mol. The molecule has 0 aromatic heterocycles. The Kier molecular flexibility index (Phi) is 4.14. The summed E-state index contributed by atoms with van der Waals surface area (Å²) in [6.07, 6.45) is 15.5. The molecular formula is C16H27Br. The first-order valence-electron chi connectivity index (χ1n) is 7.92. The summed E-state index contributed by atoms with van der Waals surface area (Å²) in [4.78, 5) is 0. The summed E-state index contributed by atoms with van der Waals surface area (Å²) in [5.41, 5.74) is 0. The molecule has 0 aromatic rings. The lowest BCUT2D eigenvalue weighted by atomic mass is 9.69. The van der Waals surface area contributed by atoms with Crippen LogP contribution < -0.4 is 0 Å². The Morgan fingerprint density at radius 2 is 0.824 bits per heavy atom. The summed E-state index contributed by atoms with van der Waals surface area (Å²) in [6.45, 7) is 0. The van der Waals surface area contributed by atoms with Gasteiger partial charge in [-0.2, -0.15) is 0 Å². The lowest BCUT2D eigenvalue weighted by Gasteiger charge is -2.37. The van der Waals surface area contributed by atoms with Gasteiger partial charge in [-0.3, -0.25) is 0 Å². The van der Waals surface area contributed by atoms with Crippen LogP contribution in [0.3, 0.4) is 0 Å². The van der Waals surface area contributed by atoms with Crippen LogP contribution in [0.4, 0.5) is 0 Å². The maximum Gasteiger partial charge on any atom is 0.00596 e. The summed E-state index contributed by atoms with van der Waals surface area (Å²) < 4.78 is 0. The van der Waals surface area contributed by atoms with Crippen molar-refractivity contribution in [1.82, 2.24) is 0 Å². The zero-order chi connectivity index (χ0) is 11.7. The van der Waals surface area contributed by atoms with Crippen LogP contribution in [0.15, 0.2) is 0 Å². The van der Waals surface area contributed by atoms with E-state index in [1.807, 2.05) is 0 Å². The average molecular weight is 299 g/mol. The van der Waals surface area contributed by atoms with Gasteiger partial charge < -0.3 is 0 Å². The van der Waals surface area contributed by atoms with Crippen LogP contribution in [-0.2, 0) is 0 Å². The van der Waals surface area contributed by atoms with E-state index >= 15 is 0 Å². The van der Waals surface area contributed by atoms with E-state index in [9.17, 15) is 0 Å². The summed E-state index contributed by atoms with van der Waals surface area (Å²) in [7, 11) is 0. The molecule has 0 N–H and O–H groups in total. The van der Waals surface area contributed by atoms with Crippen LogP contribution >= 0.6 is 15.9 Å². The maximum absolute atomic E-state index is 3.66. The van der Waals surface area contributed by atoms with Crippen LogP contribution in [0.5, 0.6) is 0 Å². The Bertz CT molecular complexity index is 230. The topological polar surface area (TPSA) is 0 Å². The Morgan fingerprint density at radius 3 is 1.12 bits per heavy atom. The number of halogens is 1. The van der Waals surface area contributed by atoms with Crippen molar-refractivity contribution in [3.63, 3.8) is 0 Å². The SMILES string of the molecule is BrCC1CCC(C2CCC(C3CC3)CC2)CC1. The van der Waals surface area contributed by atoms with Crippen molar-refractivity contribution in [2.75, 3.05) is 5.33 Å². The molecule has 3 saturated carbocycles. The lowest BCUT2D eigenvalue weighted by molar-refractivity contribution is 0.145. The normalized spacial score (nSPS) is 43.6. The first-order chi connectivity index (χ1) is 8.36. The Morgan fingerprint density at radius 1 is 0.529 bits per heavy atom. The number of hydrogen-bond donors (Lipinski definition) is 0. The number of hydrogen-bond acceptors (Lipinski definition) is 0. The highest BCUT2D eigenvalue weighted by Crippen LogP contribution is 2.48. The van der Waals surface area contributed by atoms with Crippen molar-refractivity contribution in [2.24, 2.45) is 29.6 Å². The molecule has 0 atom stereocenters. The third kappa shape index (κ3) is 3.08. The molecule has 0 aliphatic heterocycles.